The van der Waals surface area contributed by atoms with Crippen LogP contribution in [0.2, 0.25) is 0 Å². The monoisotopic (exact) mass is 377 g/mol. The predicted octanol–water partition coefficient (Wildman–Crippen LogP) is 3.63. The highest BCUT2D eigenvalue weighted by Gasteiger charge is 2.25. The normalized spacial score (nSPS) is 16.6. The highest BCUT2D eigenvalue weighted by molar-refractivity contribution is 5.77. The molecule has 0 atom stereocenters. The van der Waals surface area contributed by atoms with Gasteiger partial charge >= 0.3 is 0 Å². The lowest BCUT2D eigenvalue weighted by molar-refractivity contribution is -0.132. The van der Waals surface area contributed by atoms with Gasteiger partial charge in [0.1, 0.15) is 5.82 Å². The van der Waals surface area contributed by atoms with E-state index in [9.17, 15) is 4.79 Å². The first-order valence-corrected chi connectivity index (χ1v) is 9.87. The summed E-state index contributed by atoms with van der Waals surface area (Å²) in [7, 11) is 0. The summed E-state index contributed by atoms with van der Waals surface area (Å²) in [6.45, 7) is 1.86. The molecule has 0 saturated carbocycles. The van der Waals surface area contributed by atoms with Gasteiger partial charge in [-0.2, -0.15) is 0 Å². The highest BCUT2D eigenvalue weighted by atomic mass is 16.7. The number of amides is 1. The standard InChI is InChI=1S/C22H23N3O3/c26-21(8-6-15-5-7-19-20(13-15)28-14-27-19)25-11-9-16(10-12-25)22-23-17-3-1-2-4-18(17)24-22/h1-5,7,13,16H,6,8-12,14H2,(H,23,24). The van der Waals surface area contributed by atoms with Crippen LogP contribution in [0.25, 0.3) is 11.0 Å². The molecule has 0 spiro atoms. The molecule has 2 aliphatic rings. The maximum absolute atomic E-state index is 12.6. The van der Waals surface area contributed by atoms with E-state index in [1.165, 1.54) is 0 Å². The Labute approximate surface area is 163 Å². The van der Waals surface area contributed by atoms with Crippen LogP contribution in [0.1, 0.15) is 36.6 Å². The van der Waals surface area contributed by atoms with Crippen molar-refractivity contribution in [2.75, 3.05) is 19.9 Å². The van der Waals surface area contributed by atoms with Crippen LogP contribution in [0.15, 0.2) is 42.5 Å². The molecule has 0 unspecified atom stereocenters. The van der Waals surface area contributed by atoms with Crippen LogP contribution in [0.4, 0.5) is 0 Å². The van der Waals surface area contributed by atoms with E-state index < -0.39 is 0 Å². The van der Waals surface area contributed by atoms with Crippen LogP contribution in [-0.4, -0.2) is 40.7 Å². The third kappa shape index (κ3) is 3.30. The fourth-order valence-electron chi connectivity index (χ4n) is 4.07. The molecule has 0 radical (unpaired) electrons. The number of piperidine rings is 1. The number of aromatic nitrogens is 2. The van der Waals surface area contributed by atoms with Gasteiger partial charge in [0.2, 0.25) is 12.7 Å². The molecule has 28 heavy (non-hydrogen) atoms. The van der Waals surface area contributed by atoms with Crippen molar-refractivity contribution in [2.24, 2.45) is 0 Å². The molecule has 6 nitrogen and oxygen atoms in total. The molecule has 5 rings (SSSR count). The van der Waals surface area contributed by atoms with Gasteiger partial charge < -0.3 is 19.4 Å². The van der Waals surface area contributed by atoms with Gasteiger partial charge in [0, 0.05) is 25.4 Å². The average Bonchev–Trinajstić information content (AvgIpc) is 3.38. The van der Waals surface area contributed by atoms with Gasteiger partial charge in [0.15, 0.2) is 11.5 Å². The van der Waals surface area contributed by atoms with Gasteiger partial charge in [-0.15, -0.1) is 0 Å². The van der Waals surface area contributed by atoms with Crippen molar-refractivity contribution in [3.8, 4) is 11.5 Å². The lowest BCUT2D eigenvalue weighted by Gasteiger charge is -2.31. The molecular weight excluding hydrogens is 354 g/mol. The zero-order valence-corrected chi connectivity index (χ0v) is 15.7. The number of ether oxygens (including phenoxy) is 2. The SMILES string of the molecule is O=C(CCc1ccc2c(c1)OCO2)N1CCC(c2nc3ccccc3[nH]2)CC1. The second-order valence-electron chi connectivity index (χ2n) is 7.48. The van der Waals surface area contributed by atoms with E-state index in [-0.39, 0.29) is 12.7 Å². The molecule has 1 amide bonds. The number of imidazole rings is 1. The molecule has 0 aliphatic carbocycles. The first-order valence-electron chi connectivity index (χ1n) is 9.87. The molecule has 2 aromatic carbocycles. The molecule has 3 heterocycles. The Balaban J connectivity index is 1.15. The summed E-state index contributed by atoms with van der Waals surface area (Å²) in [5.41, 5.74) is 3.20. The quantitative estimate of drug-likeness (QED) is 0.754. The van der Waals surface area contributed by atoms with Crippen molar-refractivity contribution >= 4 is 16.9 Å². The van der Waals surface area contributed by atoms with Gasteiger partial charge in [-0.05, 0) is 49.1 Å². The third-order valence-corrected chi connectivity index (χ3v) is 5.71. The number of aromatic amines is 1. The molecule has 1 aromatic heterocycles. The molecule has 1 fully saturated rings. The number of fused-ring (bicyclic) bond motifs is 2. The largest absolute Gasteiger partial charge is 0.454 e. The number of nitrogens with zero attached hydrogens (tertiary/aromatic N) is 2. The smallest absolute Gasteiger partial charge is 0.231 e. The van der Waals surface area contributed by atoms with Crippen molar-refractivity contribution in [2.45, 2.75) is 31.6 Å². The van der Waals surface area contributed by atoms with Crippen LogP contribution >= 0.6 is 0 Å². The number of hydrogen-bond donors (Lipinski definition) is 1. The van der Waals surface area contributed by atoms with Gasteiger partial charge in [-0.3, -0.25) is 4.79 Å². The fraction of sp³-hybridized carbons (Fsp3) is 0.364. The summed E-state index contributed by atoms with van der Waals surface area (Å²) in [4.78, 5) is 22.8. The highest BCUT2D eigenvalue weighted by Crippen LogP contribution is 2.33. The maximum Gasteiger partial charge on any atom is 0.231 e. The minimum Gasteiger partial charge on any atom is -0.454 e. The Morgan fingerprint density at radius 3 is 2.79 bits per heavy atom. The zero-order chi connectivity index (χ0) is 18.9. The number of carbonyl (C=O) groups is 1. The van der Waals surface area contributed by atoms with Gasteiger partial charge in [0.05, 0.1) is 11.0 Å². The number of rotatable bonds is 4. The zero-order valence-electron chi connectivity index (χ0n) is 15.7. The van der Waals surface area contributed by atoms with Crippen LogP contribution in [-0.2, 0) is 11.2 Å². The molecule has 0 bridgehead atoms. The van der Waals surface area contributed by atoms with E-state index >= 15 is 0 Å². The summed E-state index contributed by atoms with van der Waals surface area (Å²) in [5, 5.41) is 0. The summed E-state index contributed by atoms with van der Waals surface area (Å²) < 4.78 is 10.7. The molecule has 2 aliphatic heterocycles. The Hall–Kier alpha value is -3.02. The van der Waals surface area contributed by atoms with Crippen molar-refractivity contribution in [1.82, 2.24) is 14.9 Å². The van der Waals surface area contributed by atoms with Gasteiger partial charge in [0.25, 0.3) is 0 Å². The third-order valence-electron chi connectivity index (χ3n) is 5.71. The number of hydrogen-bond acceptors (Lipinski definition) is 4. The number of likely N-dealkylation sites (tertiary alicyclic amines) is 1. The summed E-state index contributed by atoms with van der Waals surface area (Å²) in [5.74, 6) is 3.22. The van der Waals surface area contributed by atoms with Crippen LogP contribution < -0.4 is 9.47 Å². The Kier molecular flexibility index (Phi) is 4.39. The molecular formula is C22H23N3O3. The van der Waals surface area contributed by atoms with Gasteiger partial charge in [-0.25, -0.2) is 4.98 Å². The molecule has 1 N–H and O–H groups in total. The second-order valence-corrected chi connectivity index (χ2v) is 7.48. The van der Waals surface area contributed by atoms with Crippen molar-refractivity contribution in [3.63, 3.8) is 0 Å². The Bertz CT molecular complexity index is 972. The van der Waals surface area contributed by atoms with Crippen molar-refractivity contribution in [3.05, 3.63) is 53.9 Å². The van der Waals surface area contributed by atoms with E-state index in [4.69, 9.17) is 14.5 Å². The molecule has 144 valence electrons. The van der Waals surface area contributed by atoms with E-state index in [1.54, 1.807) is 0 Å². The number of H-pyrrole nitrogens is 1. The Morgan fingerprint density at radius 1 is 1.11 bits per heavy atom. The lowest BCUT2D eigenvalue weighted by Crippen LogP contribution is -2.38. The maximum atomic E-state index is 12.6. The van der Waals surface area contributed by atoms with E-state index in [2.05, 4.69) is 11.1 Å². The topological polar surface area (TPSA) is 67.5 Å². The molecule has 3 aromatic rings. The number of para-hydroxylation sites is 2. The number of nitrogens with one attached hydrogen (secondary N) is 1. The van der Waals surface area contributed by atoms with E-state index in [1.807, 2.05) is 41.3 Å². The second kappa shape index (κ2) is 7.19. The minimum absolute atomic E-state index is 0.223. The van der Waals surface area contributed by atoms with Crippen LogP contribution in [0.5, 0.6) is 11.5 Å². The fourth-order valence-corrected chi connectivity index (χ4v) is 4.07. The summed E-state index contributed by atoms with van der Waals surface area (Å²) in [6, 6.07) is 14.0. The lowest BCUT2D eigenvalue weighted by atomic mass is 9.95. The average molecular weight is 377 g/mol. The first kappa shape index (κ1) is 17.1. The summed E-state index contributed by atoms with van der Waals surface area (Å²) >= 11 is 0. The molecule has 6 heteroatoms. The van der Waals surface area contributed by atoms with Crippen LogP contribution in [0.3, 0.4) is 0 Å². The van der Waals surface area contributed by atoms with E-state index in [0.717, 1.165) is 66.3 Å². The number of aryl methyl sites for hydroxylation is 1. The van der Waals surface area contributed by atoms with Crippen molar-refractivity contribution < 1.29 is 14.3 Å². The van der Waals surface area contributed by atoms with Gasteiger partial charge in [-0.1, -0.05) is 18.2 Å². The summed E-state index contributed by atoms with van der Waals surface area (Å²) in [6.07, 6.45) is 3.15. The molecule has 1 saturated heterocycles. The number of benzene rings is 2. The predicted molar refractivity (Wildman–Crippen MR) is 106 cm³/mol. The Morgan fingerprint density at radius 2 is 1.93 bits per heavy atom. The van der Waals surface area contributed by atoms with Crippen molar-refractivity contribution in [1.29, 1.82) is 0 Å². The number of carbonyl (C=O) groups excluding carboxylic acids is 1. The minimum atomic E-state index is 0.223. The van der Waals surface area contributed by atoms with E-state index in [0.29, 0.717) is 12.3 Å². The van der Waals surface area contributed by atoms with Crippen LogP contribution in [0, 0.1) is 0 Å². The first-order chi connectivity index (χ1) is 13.8.